The van der Waals surface area contributed by atoms with E-state index >= 15 is 0 Å². The highest BCUT2D eigenvalue weighted by Gasteiger charge is 2.17. The Kier molecular flexibility index (Phi) is 4.86. The number of amides is 1. The Morgan fingerprint density at radius 2 is 2.08 bits per heavy atom. The van der Waals surface area contributed by atoms with Crippen molar-refractivity contribution in [2.75, 3.05) is 13.3 Å². The third kappa shape index (κ3) is 3.87. The summed E-state index contributed by atoms with van der Waals surface area (Å²) in [5.74, 6) is 1.50. The first-order valence-electron chi connectivity index (χ1n) is 8.95. The van der Waals surface area contributed by atoms with Gasteiger partial charge in [0.25, 0.3) is 0 Å². The fraction of sp³-hybridized carbons (Fsp3) is 0.421. The SMILES string of the molecule is O=C(NCCC1=CCCCC1)c1nnc(Cc2ccc3c(c2)OCO3)o1. The molecule has 1 aromatic heterocycles. The molecule has 1 N–H and O–H groups in total. The molecule has 7 nitrogen and oxygen atoms in total. The number of fused-ring (bicyclic) bond motifs is 1. The molecule has 0 saturated heterocycles. The second-order valence-corrected chi connectivity index (χ2v) is 6.48. The number of benzene rings is 1. The quantitative estimate of drug-likeness (QED) is 0.802. The Balaban J connectivity index is 1.31. The van der Waals surface area contributed by atoms with Crippen LogP contribution in [0, 0.1) is 0 Å². The Labute approximate surface area is 151 Å². The van der Waals surface area contributed by atoms with Crippen molar-refractivity contribution in [3.8, 4) is 11.5 Å². The predicted molar refractivity (Wildman–Crippen MR) is 93.2 cm³/mol. The summed E-state index contributed by atoms with van der Waals surface area (Å²) in [5, 5.41) is 10.7. The number of hydrogen-bond acceptors (Lipinski definition) is 6. The maximum absolute atomic E-state index is 12.1. The fourth-order valence-electron chi connectivity index (χ4n) is 3.19. The van der Waals surface area contributed by atoms with Crippen molar-refractivity contribution < 1.29 is 18.7 Å². The lowest BCUT2D eigenvalue weighted by molar-refractivity contribution is 0.0917. The molecule has 0 unspecified atom stereocenters. The van der Waals surface area contributed by atoms with Crippen LogP contribution < -0.4 is 14.8 Å². The molecular formula is C19H21N3O4. The van der Waals surface area contributed by atoms with Crippen molar-refractivity contribution in [2.45, 2.75) is 38.5 Å². The van der Waals surface area contributed by atoms with Crippen molar-refractivity contribution >= 4 is 5.91 Å². The number of carbonyl (C=O) groups is 1. The van der Waals surface area contributed by atoms with Gasteiger partial charge in [0.2, 0.25) is 12.7 Å². The van der Waals surface area contributed by atoms with Gasteiger partial charge in [0.1, 0.15) is 0 Å². The van der Waals surface area contributed by atoms with Crippen LogP contribution in [0.1, 0.15) is 54.2 Å². The molecule has 1 aliphatic carbocycles. The second kappa shape index (κ2) is 7.59. The minimum absolute atomic E-state index is 0.00151. The van der Waals surface area contributed by atoms with Crippen LogP contribution in [0.5, 0.6) is 11.5 Å². The summed E-state index contributed by atoms with van der Waals surface area (Å²) < 4.78 is 16.1. The molecule has 136 valence electrons. The van der Waals surface area contributed by atoms with Crippen LogP contribution in [0.2, 0.25) is 0 Å². The van der Waals surface area contributed by atoms with E-state index in [9.17, 15) is 4.79 Å². The van der Waals surface area contributed by atoms with Crippen LogP contribution in [0.25, 0.3) is 0 Å². The van der Waals surface area contributed by atoms with Crippen LogP contribution in [-0.2, 0) is 6.42 Å². The van der Waals surface area contributed by atoms with Crippen LogP contribution >= 0.6 is 0 Å². The van der Waals surface area contributed by atoms with Gasteiger partial charge >= 0.3 is 11.8 Å². The predicted octanol–water partition coefficient (Wildman–Crippen LogP) is 3.01. The standard InChI is InChI=1S/C19H21N3O4/c23-18(20-9-8-13-4-2-1-3-5-13)19-22-21-17(26-19)11-14-6-7-15-16(10-14)25-12-24-15/h4,6-7,10H,1-3,5,8-9,11-12H2,(H,20,23). The van der Waals surface area contributed by atoms with E-state index in [2.05, 4.69) is 21.6 Å². The lowest BCUT2D eigenvalue weighted by atomic mass is 9.97. The number of nitrogens with one attached hydrogen (secondary N) is 1. The zero-order chi connectivity index (χ0) is 17.8. The third-order valence-electron chi connectivity index (χ3n) is 4.57. The maximum atomic E-state index is 12.1. The molecule has 1 aromatic carbocycles. The summed E-state index contributed by atoms with van der Waals surface area (Å²) >= 11 is 0. The van der Waals surface area contributed by atoms with Crippen molar-refractivity contribution in [1.82, 2.24) is 15.5 Å². The number of nitrogens with zero attached hydrogens (tertiary/aromatic N) is 2. The van der Waals surface area contributed by atoms with Crippen molar-refractivity contribution in [3.63, 3.8) is 0 Å². The number of carbonyl (C=O) groups excluding carboxylic acids is 1. The molecule has 0 bridgehead atoms. The maximum Gasteiger partial charge on any atom is 0.308 e. The molecule has 1 amide bonds. The molecule has 4 rings (SSSR count). The van der Waals surface area contributed by atoms with Gasteiger partial charge in [-0.05, 0) is 49.8 Å². The summed E-state index contributed by atoms with van der Waals surface area (Å²) in [6, 6.07) is 5.64. The van der Waals surface area contributed by atoms with E-state index in [4.69, 9.17) is 13.9 Å². The molecule has 1 aliphatic heterocycles. The van der Waals surface area contributed by atoms with E-state index in [1.54, 1.807) is 0 Å². The molecule has 0 spiro atoms. The number of hydrogen-bond donors (Lipinski definition) is 1. The first kappa shape index (κ1) is 16.6. The summed E-state index contributed by atoms with van der Waals surface area (Å²) in [4.78, 5) is 12.1. The molecule has 7 heteroatoms. The molecule has 2 aromatic rings. The molecule has 2 heterocycles. The fourth-order valence-corrected chi connectivity index (χ4v) is 3.19. The van der Waals surface area contributed by atoms with Crippen LogP contribution in [0.4, 0.5) is 0 Å². The average molecular weight is 355 g/mol. The Morgan fingerprint density at radius 3 is 2.96 bits per heavy atom. The highest BCUT2D eigenvalue weighted by atomic mass is 16.7. The van der Waals surface area contributed by atoms with E-state index in [0.29, 0.717) is 24.6 Å². The lowest BCUT2D eigenvalue weighted by Gasteiger charge is -2.12. The molecule has 2 aliphatic rings. The first-order valence-corrected chi connectivity index (χ1v) is 8.95. The summed E-state index contributed by atoms with van der Waals surface area (Å²) in [5.41, 5.74) is 2.37. The largest absolute Gasteiger partial charge is 0.454 e. The van der Waals surface area contributed by atoms with E-state index < -0.39 is 0 Å². The molecule has 0 atom stereocenters. The summed E-state index contributed by atoms with van der Waals surface area (Å²) in [6.07, 6.45) is 8.39. The Bertz CT molecular complexity index is 828. The second-order valence-electron chi connectivity index (χ2n) is 6.48. The van der Waals surface area contributed by atoms with Gasteiger partial charge in [0.15, 0.2) is 11.5 Å². The minimum Gasteiger partial charge on any atom is -0.454 e. The minimum atomic E-state index is -0.328. The molecule has 0 fully saturated rings. The smallest absolute Gasteiger partial charge is 0.308 e. The van der Waals surface area contributed by atoms with Crippen LogP contribution in [-0.4, -0.2) is 29.4 Å². The van der Waals surface area contributed by atoms with Gasteiger partial charge in [-0.2, -0.15) is 0 Å². The molecule has 26 heavy (non-hydrogen) atoms. The van der Waals surface area contributed by atoms with Crippen LogP contribution in [0.15, 0.2) is 34.3 Å². The van der Waals surface area contributed by atoms with Gasteiger partial charge in [-0.25, -0.2) is 0 Å². The molecular weight excluding hydrogens is 334 g/mol. The van der Waals surface area contributed by atoms with Crippen LogP contribution in [0.3, 0.4) is 0 Å². The third-order valence-corrected chi connectivity index (χ3v) is 4.57. The van der Waals surface area contributed by atoms with Gasteiger partial charge in [-0.3, -0.25) is 4.79 Å². The zero-order valence-electron chi connectivity index (χ0n) is 14.5. The first-order chi connectivity index (χ1) is 12.8. The number of aromatic nitrogens is 2. The normalized spacial score (nSPS) is 15.6. The summed E-state index contributed by atoms with van der Waals surface area (Å²) in [7, 11) is 0. The van der Waals surface area contributed by atoms with E-state index in [-0.39, 0.29) is 18.6 Å². The highest BCUT2D eigenvalue weighted by Crippen LogP contribution is 2.33. The number of ether oxygens (including phenoxy) is 2. The zero-order valence-corrected chi connectivity index (χ0v) is 14.5. The van der Waals surface area contributed by atoms with Gasteiger partial charge in [-0.15, -0.1) is 10.2 Å². The van der Waals surface area contributed by atoms with E-state index in [0.717, 1.165) is 30.6 Å². The van der Waals surface area contributed by atoms with Crippen molar-refractivity contribution in [3.05, 3.63) is 47.2 Å². The highest BCUT2D eigenvalue weighted by molar-refractivity contribution is 5.89. The topological polar surface area (TPSA) is 86.5 Å². The molecule has 0 saturated carbocycles. The summed E-state index contributed by atoms with van der Waals surface area (Å²) in [6.45, 7) is 0.825. The van der Waals surface area contributed by atoms with E-state index in [1.807, 2.05) is 18.2 Å². The van der Waals surface area contributed by atoms with Crippen molar-refractivity contribution in [2.24, 2.45) is 0 Å². The van der Waals surface area contributed by atoms with Gasteiger partial charge in [0, 0.05) is 6.54 Å². The van der Waals surface area contributed by atoms with E-state index in [1.165, 1.54) is 18.4 Å². The molecule has 0 radical (unpaired) electrons. The number of rotatable bonds is 6. The van der Waals surface area contributed by atoms with Gasteiger partial charge < -0.3 is 19.2 Å². The van der Waals surface area contributed by atoms with Gasteiger partial charge in [0.05, 0.1) is 6.42 Å². The van der Waals surface area contributed by atoms with Crippen molar-refractivity contribution in [1.29, 1.82) is 0 Å². The average Bonchev–Trinajstić information content (AvgIpc) is 3.31. The Morgan fingerprint density at radius 1 is 1.15 bits per heavy atom. The monoisotopic (exact) mass is 355 g/mol. The number of allylic oxidation sites excluding steroid dienone is 1. The van der Waals surface area contributed by atoms with Gasteiger partial charge in [-0.1, -0.05) is 17.7 Å². The Hall–Kier alpha value is -2.83. The lowest BCUT2D eigenvalue weighted by Crippen LogP contribution is -2.25.